The SMILES string of the molecule is CCCNc1ccccc1C(=O)NCc1cc(Br)cs1. The average molecular weight is 353 g/mol. The van der Waals surface area contributed by atoms with E-state index in [2.05, 4.69) is 33.5 Å². The van der Waals surface area contributed by atoms with E-state index in [0.29, 0.717) is 12.1 Å². The van der Waals surface area contributed by atoms with E-state index >= 15 is 0 Å². The molecule has 0 unspecified atom stereocenters. The Labute approximate surface area is 131 Å². The lowest BCUT2D eigenvalue weighted by molar-refractivity contribution is 0.0952. The molecule has 1 aromatic heterocycles. The summed E-state index contributed by atoms with van der Waals surface area (Å²) in [4.78, 5) is 13.4. The van der Waals surface area contributed by atoms with Gasteiger partial charge in [0.1, 0.15) is 0 Å². The molecular formula is C15H17BrN2OS. The van der Waals surface area contributed by atoms with Gasteiger partial charge < -0.3 is 10.6 Å². The number of carbonyl (C=O) groups excluding carboxylic acids is 1. The highest BCUT2D eigenvalue weighted by Gasteiger charge is 2.10. The molecule has 1 heterocycles. The Morgan fingerprint density at radius 2 is 2.15 bits per heavy atom. The Bertz CT molecular complexity index is 583. The molecular weight excluding hydrogens is 336 g/mol. The van der Waals surface area contributed by atoms with Gasteiger partial charge in [-0.2, -0.15) is 0 Å². The predicted octanol–water partition coefficient (Wildman–Crippen LogP) is 4.26. The maximum atomic E-state index is 12.3. The van der Waals surface area contributed by atoms with Crippen molar-refractivity contribution in [1.29, 1.82) is 0 Å². The summed E-state index contributed by atoms with van der Waals surface area (Å²) in [5, 5.41) is 8.25. The number of thiophene rings is 1. The van der Waals surface area contributed by atoms with Crippen molar-refractivity contribution >= 4 is 38.9 Å². The van der Waals surface area contributed by atoms with Gasteiger partial charge in [-0.15, -0.1) is 11.3 Å². The molecule has 0 atom stereocenters. The molecule has 0 bridgehead atoms. The Hall–Kier alpha value is -1.33. The quantitative estimate of drug-likeness (QED) is 0.815. The molecule has 1 aromatic carbocycles. The van der Waals surface area contributed by atoms with Crippen LogP contribution in [0.4, 0.5) is 5.69 Å². The standard InChI is InChI=1S/C15H17BrN2OS/c1-2-7-17-14-6-4-3-5-13(14)15(19)18-9-12-8-11(16)10-20-12/h3-6,8,10,17H,2,7,9H2,1H3,(H,18,19). The van der Waals surface area contributed by atoms with Crippen LogP contribution in [0, 0.1) is 0 Å². The van der Waals surface area contributed by atoms with Crippen molar-refractivity contribution in [2.24, 2.45) is 0 Å². The molecule has 20 heavy (non-hydrogen) atoms. The zero-order valence-corrected chi connectivity index (χ0v) is 13.7. The first-order chi connectivity index (χ1) is 9.70. The van der Waals surface area contributed by atoms with Gasteiger partial charge in [0.15, 0.2) is 0 Å². The van der Waals surface area contributed by atoms with Gasteiger partial charge in [-0.25, -0.2) is 0 Å². The zero-order valence-electron chi connectivity index (χ0n) is 11.3. The van der Waals surface area contributed by atoms with E-state index in [1.165, 1.54) is 0 Å². The summed E-state index contributed by atoms with van der Waals surface area (Å²) in [5.41, 5.74) is 1.58. The first kappa shape index (κ1) is 15.1. The molecule has 3 nitrogen and oxygen atoms in total. The summed E-state index contributed by atoms with van der Waals surface area (Å²) in [5.74, 6) is -0.0475. The topological polar surface area (TPSA) is 41.1 Å². The van der Waals surface area contributed by atoms with Crippen LogP contribution in [0.15, 0.2) is 40.2 Å². The van der Waals surface area contributed by atoms with E-state index in [1.54, 1.807) is 11.3 Å². The summed E-state index contributed by atoms with van der Waals surface area (Å²) in [6.45, 7) is 3.52. The second kappa shape index (κ2) is 7.45. The molecule has 2 rings (SSSR count). The molecule has 0 fully saturated rings. The van der Waals surface area contributed by atoms with E-state index < -0.39 is 0 Å². The van der Waals surface area contributed by atoms with Crippen LogP contribution in [-0.4, -0.2) is 12.5 Å². The van der Waals surface area contributed by atoms with Crippen LogP contribution in [-0.2, 0) is 6.54 Å². The molecule has 0 aliphatic rings. The number of nitrogens with one attached hydrogen (secondary N) is 2. The predicted molar refractivity (Wildman–Crippen MR) is 88.4 cm³/mol. The molecule has 2 aromatic rings. The molecule has 0 aliphatic carbocycles. The fourth-order valence-electron chi connectivity index (χ4n) is 1.80. The maximum absolute atomic E-state index is 12.3. The van der Waals surface area contributed by atoms with E-state index in [9.17, 15) is 4.79 Å². The van der Waals surface area contributed by atoms with E-state index in [0.717, 1.165) is 28.0 Å². The average Bonchev–Trinajstić information content (AvgIpc) is 2.88. The second-order valence-electron chi connectivity index (χ2n) is 4.39. The van der Waals surface area contributed by atoms with Crippen molar-refractivity contribution in [3.63, 3.8) is 0 Å². The maximum Gasteiger partial charge on any atom is 0.253 e. The summed E-state index contributed by atoms with van der Waals surface area (Å²) < 4.78 is 1.05. The van der Waals surface area contributed by atoms with Crippen molar-refractivity contribution in [3.8, 4) is 0 Å². The number of hydrogen-bond acceptors (Lipinski definition) is 3. The van der Waals surface area contributed by atoms with Crippen LogP contribution in [0.25, 0.3) is 0 Å². The highest BCUT2D eigenvalue weighted by Crippen LogP contribution is 2.20. The molecule has 5 heteroatoms. The number of carbonyl (C=O) groups is 1. The summed E-state index contributed by atoms with van der Waals surface area (Å²) in [6.07, 6.45) is 1.03. The third-order valence-electron chi connectivity index (χ3n) is 2.78. The number of hydrogen-bond donors (Lipinski definition) is 2. The van der Waals surface area contributed by atoms with Gasteiger partial charge in [0, 0.05) is 27.0 Å². The highest BCUT2D eigenvalue weighted by molar-refractivity contribution is 9.10. The fourth-order valence-corrected chi connectivity index (χ4v) is 3.19. The number of para-hydroxylation sites is 1. The van der Waals surface area contributed by atoms with Crippen molar-refractivity contribution in [3.05, 3.63) is 50.6 Å². The minimum atomic E-state index is -0.0475. The number of anilines is 1. The third-order valence-corrected chi connectivity index (χ3v) is 4.48. The van der Waals surface area contributed by atoms with Crippen molar-refractivity contribution in [2.75, 3.05) is 11.9 Å². The van der Waals surface area contributed by atoms with Gasteiger partial charge in [0.05, 0.1) is 12.1 Å². The van der Waals surface area contributed by atoms with Crippen molar-refractivity contribution in [1.82, 2.24) is 5.32 Å². The lowest BCUT2D eigenvalue weighted by Gasteiger charge is -2.11. The van der Waals surface area contributed by atoms with E-state index in [1.807, 2.05) is 35.7 Å². The van der Waals surface area contributed by atoms with E-state index in [4.69, 9.17) is 0 Å². The number of halogens is 1. The monoisotopic (exact) mass is 352 g/mol. The van der Waals surface area contributed by atoms with Gasteiger partial charge in [-0.05, 0) is 40.5 Å². The van der Waals surface area contributed by atoms with Crippen LogP contribution in [0.1, 0.15) is 28.6 Å². The fraction of sp³-hybridized carbons (Fsp3) is 0.267. The van der Waals surface area contributed by atoms with Crippen molar-refractivity contribution < 1.29 is 4.79 Å². The van der Waals surface area contributed by atoms with Crippen LogP contribution >= 0.6 is 27.3 Å². The van der Waals surface area contributed by atoms with Crippen LogP contribution in [0.5, 0.6) is 0 Å². The Morgan fingerprint density at radius 1 is 1.35 bits per heavy atom. The number of benzene rings is 1. The largest absolute Gasteiger partial charge is 0.384 e. The second-order valence-corrected chi connectivity index (χ2v) is 6.30. The van der Waals surface area contributed by atoms with Gasteiger partial charge in [0.25, 0.3) is 5.91 Å². The Morgan fingerprint density at radius 3 is 2.85 bits per heavy atom. The normalized spacial score (nSPS) is 10.3. The van der Waals surface area contributed by atoms with Gasteiger partial charge in [-0.3, -0.25) is 4.79 Å². The minimum absolute atomic E-state index is 0.0475. The van der Waals surface area contributed by atoms with Crippen LogP contribution in [0.2, 0.25) is 0 Å². The lowest BCUT2D eigenvalue weighted by Crippen LogP contribution is -2.23. The molecule has 0 radical (unpaired) electrons. The molecule has 1 amide bonds. The van der Waals surface area contributed by atoms with Crippen molar-refractivity contribution in [2.45, 2.75) is 19.9 Å². The number of amides is 1. The summed E-state index contributed by atoms with van der Waals surface area (Å²) >= 11 is 5.04. The molecule has 0 saturated carbocycles. The smallest absolute Gasteiger partial charge is 0.253 e. The minimum Gasteiger partial charge on any atom is -0.384 e. The Balaban J connectivity index is 2.01. The highest BCUT2D eigenvalue weighted by atomic mass is 79.9. The van der Waals surface area contributed by atoms with Crippen LogP contribution in [0.3, 0.4) is 0 Å². The zero-order chi connectivity index (χ0) is 14.4. The molecule has 2 N–H and O–H groups in total. The third kappa shape index (κ3) is 4.08. The van der Waals surface area contributed by atoms with Gasteiger partial charge in [-0.1, -0.05) is 19.1 Å². The lowest BCUT2D eigenvalue weighted by atomic mass is 10.1. The first-order valence-electron chi connectivity index (χ1n) is 6.54. The Kier molecular flexibility index (Phi) is 5.61. The van der Waals surface area contributed by atoms with Crippen LogP contribution < -0.4 is 10.6 Å². The molecule has 0 aliphatic heterocycles. The first-order valence-corrected chi connectivity index (χ1v) is 8.22. The molecule has 0 saturated heterocycles. The molecule has 106 valence electrons. The summed E-state index contributed by atoms with van der Waals surface area (Å²) in [7, 11) is 0. The van der Waals surface area contributed by atoms with Gasteiger partial charge in [0.2, 0.25) is 0 Å². The van der Waals surface area contributed by atoms with E-state index in [-0.39, 0.29) is 5.91 Å². The van der Waals surface area contributed by atoms with Gasteiger partial charge >= 0.3 is 0 Å². The summed E-state index contributed by atoms with van der Waals surface area (Å²) in [6, 6.07) is 9.62. The molecule has 0 spiro atoms. The number of rotatable bonds is 6.